The Labute approximate surface area is 244 Å². The molecular formula is C31H57NO7P+. The third-order valence-electron chi connectivity index (χ3n) is 5.65. The number of rotatable bonds is 26. The summed E-state index contributed by atoms with van der Waals surface area (Å²) in [5, 5.41) is 0. The molecule has 0 amide bonds. The molecule has 0 aliphatic heterocycles. The van der Waals surface area contributed by atoms with E-state index in [-0.39, 0.29) is 25.8 Å². The number of hydrogen-bond acceptors (Lipinski definition) is 6. The van der Waals surface area contributed by atoms with Crippen LogP contribution in [0.1, 0.15) is 84.5 Å². The number of ether oxygens (including phenoxy) is 2. The van der Waals surface area contributed by atoms with E-state index in [2.05, 4.69) is 62.5 Å². The average Bonchev–Trinajstić information content (AvgIpc) is 2.88. The summed E-state index contributed by atoms with van der Waals surface area (Å²) < 4.78 is 34.2. The molecule has 8 nitrogen and oxygen atoms in total. The molecule has 0 saturated heterocycles. The van der Waals surface area contributed by atoms with Gasteiger partial charge in [-0.2, -0.15) is 0 Å². The first-order valence-electron chi connectivity index (χ1n) is 14.9. The van der Waals surface area contributed by atoms with Crippen LogP contribution in [0.2, 0.25) is 0 Å². The summed E-state index contributed by atoms with van der Waals surface area (Å²) in [6.07, 6.45) is 26.3. The first-order chi connectivity index (χ1) is 19.1. The van der Waals surface area contributed by atoms with E-state index < -0.39 is 13.9 Å². The highest BCUT2D eigenvalue weighted by atomic mass is 31.2. The molecule has 0 radical (unpaired) electrons. The molecule has 0 bridgehead atoms. The van der Waals surface area contributed by atoms with Crippen molar-refractivity contribution >= 4 is 13.8 Å². The van der Waals surface area contributed by atoms with Gasteiger partial charge >= 0.3 is 13.8 Å². The van der Waals surface area contributed by atoms with Crippen LogP contribution in [0.5, 0.6) is 0 Å². The van der Waals surface area contributed by atoms with E-state index in [0.717, 1.165) is 64.2 Å². The number of nitrogens with zero attached hydrogens (tertiary/aromatic N) is 1. The van der Waals surface area contributed by atoms with Gasteiger partial charge in [0.15, 0.2) is 0 Å². The zero-order chi connectivity index (χ0) is 30.0. The maximum absolute atomic E-state index is 12.3. The minimum absolute atomic E-state index is 0.0763. The molecule has 0 aromatic carbocycles. The van der Waals surface area contributed by atoms with Gasteiger partial charge < -0.3 is 18.9 Å². The molecule has 0 aliphatic rings. The molecule has 0 fully saturated rings. The number of unbranched alkanes of at least 4 members (excludes halogenated alkanes) is 4. The van der Waals surface area contributed by atoms with Gasteiger partial charge in [-0.15, -0.1) is 0 Å². The van der Waals surface area contributed by atoms with E-state index in [1.165, 1.54) is 0 Å². The maximum atomic E-state index is 12.3. The van der Waals surface area contributed by atoms with Crippen LogP contribution in [-0.4, -0.2) is 75.6 Å². The standard InChI is InChI=1S/C31H56NO7P/c1-6-8-10-12-13-14-15-16-17-18-19-20-21-23-26-36-28-30(39-31(33)24-22-11-9-7-2)29-38-40(34,35)37-27-25-32(3,4)5/h8,10,13-14,16-17,19-20,30H,6-7,9,11-12,15,18,21-29H2,1-5H3/p+1/b10-8-,14-13-,17-16-,20-19-. The highest BCUT2D eigenvalue weighted by molar-refractivity contribution is 7.47. The number of allylic oxidation sites excluding steroid dienone is 8. The van der Waals surface area contributed by atoms with Gasteiger partial charge in [0.05, 0.1) is 34.4 Å². The average molecular weight is 587 g/mol. The Morgan fingerprint density at radius 1 is 0.800 bits per heavy atom. The van der Waals surface area contributed by atoms with Crippen molar-refractivity contribution in [2.24, 2.45) is 0 Å². The molecule has 2 unspecified atom stereocenters. The van der Waals surface area contributed by atoms with Crippen molar-refractivity contribution in [1.82, 2.24) is 0 Å². The Hall–Kier alpha value is -1.54. The highest BCUT2D eigenvalue weighted by Gasteiger charge is 2.26. The molecule has 9 heteroatoms. The van der Waals surface area contributed by atoms with Crippen molar-refractivity contribution in [3.63, 3.8) is 0 Å². The third-order valence-corrected chi connectivity index (χ3v) is 6.64. The summed E-state index contributed by atoms with van der Waals surface area (Å²) >= 11 is 0. The van der Waals surface area contributed by atoms with E-state index in [4.69, 9.17) is 18.5 Å². The minimum atomic E-state index is -4.26. The Balaban J connectivity index is 4.38. The fourth-order valence-corrected chi connectivity index (χ4v) is 4.06. The van der Waals surface area contributed by atoms with E-state index in [0.29, 0.717) is 24.1 Å². The molecule has 0 saturated carbocycles. The molecule has 0 rings (SSSR count). The maximum Gasteiger partial charge on any atom is 0.472 e. The van der Waals surface area contributed by atoms with Crippen molar-refractivity contribution in [3.8, 4) is 0 Å². The molecule has 0 aliphatic carbocycles. The van der Waals surface area contributed by atoms with Crippen LogP contribution < -0.4 is 0 Å². The minimum Gasteiger partial charge on any atom is -0.457 e. The van der Waals surface area contributed by atoms with Gasteiger partial charge in [-0.05, 0) is 44.9 Å². The fraction of sp³-hybridized carbons (Fsp3) is 0.710. The summed E-state index contributed by atoms with van der Waals surface area (Å²) in [4.78, 5) is 22.3. The van der Waals surface area contributed by atoms with Crippen LogP contribution in [0.3, 0.4) is 0 Å². The van der Waals surface area contributed by atoms with Gasteiger partial charge in [0.2, 0.25) is 0 Å². The lowest BCUT2D eigenvalue weighted by Gasteiger charge is -2.24. The first-order valence-corrected chi connectivity index (χ1v) is 16.4. The van der Waals surface area contributed by atoms with Crippen LogP contribution in [0.15, 0.2) is 48.6 Å². The molecule has 0 aromatic rings. The van der Waals surface area contributed by atoms with Crippen molar-refractivity contribution in [2.45, 2.75) is 90.6 Å². The summed E-state index contributed by atoms with van der Waals surface area (Å²) in [7, 11) is 1.62. The topological polar surface area (TPSA) is 91.3 Å². The zero-order valence-corrected chi connectivity index (χ0v) is 26.7. The monoisotopic (exact) mass is 586 g/mol. The van der Waals surface area contributed by atoms with Gasteiger partial charge in [-0.3, -0.25) is 13.8 Å². The van der Waals surface area contributed by atoms with Crippen LogP contribution >= 0.6 is 7.82 Å². The van der Waals surface area contributed by atoms with Gasteiger partial charge in [0.1, 0.15) is 19.3 Å². The van der Waals surface area contributed by atoms with E-state index in [1.807, 2.05) is 21.1 Å². The second kappa shape index (κ2) is 25.2. The second-order valence-electron chi connectivity index (χ2n) is 10.8. The number of carbonyl (C=O) groups excluding carboxylic acids is 1. The smallest absolute Gasteiger partial charge is 0.457 e. The second-order valence-corrected chi connectivity index (χ2v) is 12.2. The van der Waals surface area contributed by atoms with Crippen LogP contribution in [0, 0.1) is 0 Å². The molecule has 40 heavy (non-hydrogen) atoms. The lowest BCUT2D eigenvalue weighted by molar-refractivity contribution is -0.870. The summed E-state index contributed by atoms with van der Waals surface area (Å²) in [6.45, 7) is 5.18. The summed E-state index contributed by atoms with van der Waals surface area (Å²) in [5.74, 6) is -0.355. The van der Waals surface area contributed by atoms with Crippen molar-refractivity contribution in [2.75, 3.05) is 54.1 Å². The largest absolute Gasteiger partial charge is 0.472 e. The Morgan fingerprint density at radius 3 is 2.02 bits per heavy atom. The number of likely N-dealkylation sites (N-methyl/N-ethyl adjacent to an activating group) is 1. The number of quaternary nitrogens is 1. The quantitative estimate of drug-likeness (QED) is 0.0374. The van der Waals surface area contributed by atoms with Crippen molar-refractivity contribution in [1.29, 1.82) is 0 Å². The third kappa shape index (κ3) is 28.0. The molecule has 0 aromatic heterocycles. The number of carbonyl (C=O) groups is 1. The summed E-state index contributed by atoms with van der Waals surface area (Å²) in [5.41, 5.74) is 0. The normalized spacial score (nSPS) is 15.1. The molecule has 2 atom stereocenters. The van der Waals surface area contributed by atoms with E-state index >= 15 is 0 Å². The van der Waals surface area contributed by atoms with E-state index in [1.54, 1.807) is 0 Å². The Morgan fingerprint density at radius 2 is 1.43 bits per heavy atom. The van der Waals surface area contributed by atoms with E-state index in [9.17, 15) is 14.3 Å². The Kier molecular flexibility index (Phi) is 24.2. The van der Waals surface area contributed by atoms with Gasteiger partial charge in [0.25, 0.3) is 0 Å². The predicted molar refractivity (Wildman–Crippen MR) is 164 cm³/mol. The molecular weight excluding hydrogens is 529 g/mol. The number of phosphoric acid groups is 1. The van der Waals surface area contributed by atoms with Crippen LogP contribution in [-0.2, 0) is 27.9 Å². The molecule has 1 N–H and O–H groups in total. The lowest BCUT2D eigenvalue weighted by atomic mass is 10.1. The molecule has 0 spiro atoms. The SMILES string of the molecule is CC/C=C\C/C=C\C/C=C\C/C=C\CCCOCC(COP(=O)(O)OCC[N+](C)(C)C)OC(=O)CCCCCC. The lowest BCUT2D eigenvalue weighted by Crippen LogP contribution is -2.37. The number of hydrogen-bond donors (Lipinski definition) is 1. The van der Waals surface area contributed by atoms with Gasteiger partial charge in [-0.1, -0.05) is 81.7 Å². The molecule has 0 heterocycles. The zero-order valence-electron chi connectivity index (χ0n) is 25.8. The van der Waals surface area contributed by atoms with Crippen molar-refractivity contribution < 1.29 is 37.3 Å². The highest BCUT2D eigenvalue weighted by Crippen LogP contribution is 2.43. The Bertz CT molecular complexity index is 787. The van der Waals surface area contributed by atoms with Crippen molar-refractivity contribution in [3.05, 3.63) is 48.6 Å². The van der Waals surface area contributed by atoms with Gasteiger partial charge in [-0.25, -0.2) is 4.57 Å². The number of esters is 1. The van der Waals surface area contributed by atoms with Crippen LogP contribution in [0.4, 0.5) is 0 Å². The van der Waals surface area contributed by atoms with Gasteiger partial charge in [0, 0.05) is 13.0 Å². The number of phosphoric ester groups is 1. The molecule has 232 valence electrons. The predicted octanol–water partition coefficient (Wildman–Crippen LogP) is 7.31. The summed E-state index contributed by atoms with van der Waals surface area (Å²) in [6, 6.07) is 0. The first kappa shape index (κ1) is 38.5. The fourth-order valence-electron chi connectivity index (χ4n) is 3.32. The van der Waals surface area contributed by atoms with Crippen LogP contribution in [0.25, 0.3) is 0 Å².